The molecule has 0 radical (unpaired) electrons. The first kappa shape index (κ1) is 8.44. The molecule has 0 amide bonds. The van der Waals surface area contributed by atoms with Crippen molar-refractivity contribution in [2.24, 2.45) is 0 Å². The lowest BCUT2D eigenvalue weighted by Gasteiger charge is -2.04. The van der Waals surface area contributed by atoms with E-state index in [-0.39, 0.29) is 18.5 Å². The summed E-state index contributed by atoms with van der Waals surface area (Å²) < 4.78 is 35.4. The van der Waals surface area contributed by atoms with Crippen LogP contribution in [0.15, 0.2) is 18.2 Å². The largest absolute Gasteiger partial charge is 0.488 e. The van der Waals surface area contributed by atoms with E-state index < -0.39 is 11.6 Å². The van der Waals surface area contributed by atoms with E-state index in [2.05, 4.69) is 0 Å². The van der Waals surface area contributed by atoms with Gasteiger partial charge in [-0.15, -0.1) is 0 Å². The average Bonchev–Trinajstić information content (AvgIpc) is 2.90. The van der Waals surface area contributed by atoms with Crippen molar-refractivity contribution in [2.75, 3.05) is 13.2 Å². The van der Waals surface area contributed by atoms with Crippen LogP contribution in [0.25, 0.3) is 0 Å². The zero-order valence-corrected chi connectivity index (χ0v) is 6.80. The first-order chi connectivity index (χ1) is 6.25. The Balaban J connectivity index is 2.03. The van der Waals surface area contributed by atoms with E-state index in [1.54, 1.807) is 0 Å². The number of halogens is 2. The van der Waals surface area contributed by atoms with Gasteiger partial charge in [-0.1, -0.05) is 0 Å². The standard InChI is InChI=1S/C9H8F2O2/c10-6-1-2-8(11)9(3-6)13-5-7-4-12-7/h1-3,7H,4-5H2. The maximum Gasteiger partial charge on any atom is 0.165 e. The van der Waals surface area contributed by atoms with Crippen LogP contribution in [0.1, 0.15) is 0 Å². The highest BCUT2D eigenvalue weighted by Crippen LogP contribution is 2.19. The van der Waals surface area contributed by atoms with Gasteiger partial charge in [0.25, 0.3) is 0 Å². The van der Waals surface area contributed by atoms with Gasteiger partial charge in [-0.2, -0.15) is 0 Å². The molecule has 2 rings (SSSR count). The van der Waals surface area contributed by atoms with Crippen molar-refractivity contribution in [3.8, 4) is 5.75 Å². The van der Waals surface area contributed by atoms with Crippen LogP contribution in [0.5, 0.6) is 5.75 Å². The average molecular weight is 186 g/mol. The predicted octanol–water partition coefficient (Wildman–Crippen LogP) is 1.74. The Hall–Kier alpha value is -1.16. The maximum absolute atomic E-state index is 12.9. The van der Waals surface area contributed by atoms with Gasteiger partial charge in [-0.3, -0.25) is 0 Å². The molecule has 1 aliphatic heterocycles. The molecular weight excluding hydrogens is 178 g/mol. The van der Waals surface area contributed by atoms with Crippen molar-refractivity contribution in [1.29, 1.82) is 0 Å². The summed E-state index contributed by atoms with van der Waals surface area (Å²) in [7, 11) is 0. The summed E-state index contributed by atoms with van der Waals surface area (Å²) in [6, 6.07) is 3.12. The molecule has 1 heterocycles. The highest BCUT2D eigenvalue weighted by Gasteiger charge is 2.23. The predicted molar refractivity (Wildman–Crippen MR) is 41.6 cm³/mol. The minimum absolute atomic E-state index is 0.0441. The second-order valence-electron chi connectivity index (χ2n) is 2.84. The van der Waals surface area contributed by atoms with E-state index in [0.29, 0.717) is 6.61 Å². The molecule has 4 heteroatoms. The number of ether oxygens (including phenoxy) is 2. The third kappa shape index (κ3) is 2.15. The topological polar surface area (TPSA) is 21.8 Å². The van der Waals surface area contributed by atoms with E-state index in [0.717, 1.165) is 18.2 Å². The van der Waals surface area contributed by atoms with Crippen molar-refractivity contribution in [1.82, 2.24) is 0 Å². The number of epoxide rings is 1. The van der Waals surface area contributed by atoms with Crippen molar-refractivity contribution < 1.29 is 18.3 Å². The molecule has 1 atom stereocenters. The van der Waals surface area contributed by atoms with Gasteiger partial charge in [-0.25, -0.2) is 8.78 Å². The fourth-order valence-corrected chi connectivity index (χ4v) is 0.935. The third-order valence-electron chi connectivity index (χ3n) is 1.72. The van der Waals surface area contributed by atoms with Crippen LogP contribution < -0.4 is 4.74 Å². The van der Waals surface area contributed by atoms with Gasteiger partial charge in [0.1, 0.15) is 18.5 Å². The Morgan fingerprint density at radius 3 is 2.92 bits per heavy atom. The van der Waals surface area contributed by atoms with Gasteiger partial charge < -0.3 is 9.47 Å². The van der Waals surface area contributed by atoms with E-state index in [4.69, 9.17) is 9.47 Å². The maximum atomic E-state index is 12.9. The SMILES string of the molecule is Fc1ccc(F)c(OCC2CO2)c1. The second-order valence-corrected chi connectivity index (χ2v) is 2.84. The van der Waals surface area contributed by atoms with Gasteiger partial charge in [0.05, 0.1) is 6.61 Å². The lowest BCUT2D eigenvalue weighted by atomic mass is 10.3. The molecule has 0 saturated carbocycles. The second kappa shape index (κ2) is 3.30. The molecule has 2 nitrogen and oxygen atoms in total. The van der Waals surface area contributed by atoms with Crippen LogP contribution in [0, 0.1) is 11.6 Å². The molecular formula is C9H8F2O2. The summed E-state index contributed by atoms with van der Waals surface area (Å²) in [5.74, 6) is -1.12. The summed E-state index contributed by atoms with van der Waals surface area (Å²) >= 11 is 0. The first-order valence-electron chi connectivity index (χ1n) is 3.95. The van der Waals surface area contributed by atoms with Crippen molar-refractivity contribution in [3.05, 3.63) is 29.8 Å². The molecule has 0 bridgehead atoms. The molecule has 1 aromatic carbocycles. The molecule has 1 unspecified atom stereocenters. The molecule has 1 aliphatic rings. The van der Waals surface area contributed by atoms with Crippen molar-refractivity contribution in [2.45, 2.75) is 6.10 Å². The van der Waals surface area contributed by atoms with Gasteiger partial charge in [0, 0.05) is 6.07 Å². The normalized spacial score (nSPS) is 20.0. The first-order valence-corrected chi connectivity index (χ1v) is 3.95. The number of hydrogen-bond donors (Lipinski definition) is 0. The number of benzene rings is 1. The monoisotopic (exact) mass is 186 g/mol. The molecule has 1 aromatic rings. The minimum atomic E-state index is -0.554. The Bertz CT molecular complexity index is 310. The van der Waals surface area contributed by atoms with Gasteiger partial charge in [0.2, 0.25) is 0 Å². The van der Waals surface area contributed by atoms with Gasteiger partial charge >= 0.3 is 0 Å². The summed E-state index contributed by atoms with van der Waals surface area (Å²) in [4.78, 5) is 0. The Morgan fingerprint density at radius 2 is 2.23 bits per heavy atom. The van der Waals surface area contributed by atoms with Crippen molar-refractivity contribution in [3.63, 3.8) is 0 Å². The van der Waals surface area contributed by atoms with Crippen LogP contribution in [0.4, 0.5) is 8.78 Å². The fraction of sp³-hybridized carbons (Fsp3) is 0.333. The fourth-order valence-electron chi connectivity index (χ4n) is 0.935. The summed E-state index contributed by atoms with van der Waals surface area (Å²) in [6.07, 6.45) is 0.0441. The van der Waals surface area contributed by atoms with Gasteiger partial charge in [-0.05, 0) is 12.1 Å². The highest BCUT2D eigenvalue weighted by molar-refractivity contribution is 5.24. The number of rotatable bonds is 3. The Morgan fingerprint density at radius 1 is 1.46 bits per heavy atom. The molecule has 0 aromatic heterocycles. The van der Waals surface area contributed by atoms with Crippen LogP contribution in [-0.2, 0) is 4.74 Å². The van der Waals surface area contributed by atoms with E-state index in [1.165, 1.54) is 0 Å². The van der Waals surface area contributed by atoms with Crippen LogP contribution in [0.2, 0.25) is 0 Å². The quantitative estimate of drug-likeness (QED) is 0.670. The molecule has 13 heavy (non-hydrogen) atoms. The van der Waals surface area contributed by atoms with Crippen LogP contribution in [-0.4, -0.2) is 19.3 Å². The summed E-state index contributed by atoms with van der Waals surface area (Å²) in [5, 5.41) is 0. The van der Waals surface area contributed by atoms with E-state index >= 15 is 0 Å². The molecule has 0 N–H and O–H groups in total. The number of hydrogen-bond acceptors (Lipinski definition) is 2. The third-order valence-corrected chi connectivity index (χ3v) is 1.72. The lowest BCUT2D eigenvalue weighted by Crippen LogP contribution is -2.05. The molecule has 1 fully saturated rings. The lowest BCUT2D eigenvalue weighted by molar-refractivity contribution is 0.252. The zero-order chi connectivity index (χ0) is 9.26. The molecule has 0 spiro atoms. The smallest absolute Gasteiger partial charge is 0.165 e. The van der Waals surface area contributed by atoms with Gasteiger partial charge in [0.15, 0.2) is 11.6 Å². The molecule has 1 saturated heterocycles. The van der Waals surface area contributed by atoms with Crippen molar-refractivity contribution >= 4 is 0 Å². The summed E-state index contributed by atoms with van der Waals surface area (Å²) in [5.41, 5.74) is 0. The Labute approximate surface area is 74.1 Å². The molecule has 0 aliphatic carbocycles. The highest BCUT2D eigenvalue weighted by atomic mass is 19.1. The molecule has 70 valence electrons. The zero-order valence-electron chi connectivity index (χ0n) is 6.80. The summed E-state index contributed by atoms with van der Waals surface area (Å²) in [6.45, 7) is 0.914. The Kier molecular flexibility index (Phi) is 2.14. The van der Waals surface area contributed by atoms with E-state index in [1.807, 2.05) is 0 Å². The minimum Gasteiger partial charge on any atom is -0.488 e. The van der Waals surface area contributed by atoms with Crippen LogP contribution in [0.3, 0.4) is 0 Å². The van der Waals surface area contributed by atoms with Crippen LogP contribution >= 0.6 is 0 Å². The van der Waals surface area contributed by atoms with E-state index in [9.17, 15) is 8.78 Å².